The molecule has 0 unspecified atom stereocenters. The molecule has 0 aromatic heterocycles. The molecule has 22 heavy (non-hydrogen) atoms. The first kappa shape index (κ1) is 16.0. The first-order valence-electron chi connectivity index (χ1n) is 6.92. The van der Waals surface area contributed by atoms with Crippen LogP contribution >= 0.6 is 0 Å². The van der Waals surface area contributed by atoms with Gasteiger partial charge in [0.05, 0.1) is 25.9 Å². The molecule has 0 aliphatic heterocycles. The second-order valence-corrected chi connectivity index (χ2v) is 4.46. The first-order valence-corrected chi connectivity index (χ1v) is 6.92. The molecule has 1 N–H and O–H groups in total. The van der Waals surface area contributed by atoms with Crippen LogP contribution in [0.3, 0.4) is 0 Å². The van der Waals surface area contributed by atoms with E-state index in [0.29, 0.717) is 34.6 Å². The summed E-state index contributed by atoms with van der Waals surface area (Å²) in [5.74, 6) is 0.00112. The van der Waals surface area contributed by atoms with E-state index in [1.807, 2.05) is 12.1 Å². The maximum Gasteiger partial charge on any atom is 0.338 e. The van der Waals surface area contributed by atoms with Crippen molar-refractivity contribution in [3.05, 3.63) is 53.6 Å². The van der Waals surface area contributed by atoms with Gasteiger partial charge in [-0.15, -0.1) is 0 Å². The van der Waals surface area contributed by atoms with E-state index in [1.54, 1.807) is 37.3 Å². The molecule has 2 rings (SSSR count). The number of aliphatic hydroxyl groups is 1. The van der Waals surface area contributed by atoms with Crippen LogP contribution in [0, 0.1) is 0 Å². The normalized spacial score (nSPS) is 10.3. The van der Waals surface area contributed by atoms with Gasteiger partial charge in [0.25, 0.3) is 0 Å². The summed E-state index contributed by atoms with van der Waals surface area (Å²) in [6.07, 6.45) is 0. The highest BCUT2D eigenvalue weighted by atomic mass is 17.2. The van der Waals surface area contributed by atoms with Crippen LogP contribution in [0.4, 0.5) is 0 Å². The van der Waals surface area contributed by atoms with Crippen LogP contribution in [0.2, 0.25) is 0 Å². The molecule has 0 atom stereocenters. The number of rotatable bonds is 6. The Morgan fingerprint density at radius 1 is 1.09 bits per heavy atom. The van der Waals surface area contributed by atoms with Crippen molar-refractivity contribution >= 4 is 5.97 Å². The molecule has 0 aliphatic rings. The van der Waals surface area contributed by atoms with Crippen LogP contribution in [-0.4, -0.2) is 24.8 Å². The molecule has 0 saturated carbocycles. The molecular weight excluding hydrogens is 284 g/mol. The lowest BCUT2D eigenvalue weighted by Crippen LogP contribution is -2.07. The van der Waals surface area contributed by atoms with Gasteiger partial charge in [-0.3, -0.25) is 0 Å². The molecule has 0 saturated heterocycles. The molecule has 0 spiro atoms. The highest BCUT2D eigenvalue weighted by molar-refractivity contribution is 5.97. The smallest absolute Gasteiger partial charge is 0.338 e. The van der Waals surface area contributed by atoms with Crippen molar-refractivity contribution in [3.63, 3.8) is 0 Å². The predicted octanol–water partition coefficient (Wildman–Crippen LogP) is 2.96. The molecule has 0 amide bonds. The third-order valence-electron chi connectivity index (χ3n) is 3.18. The minimum Gasteiger partial charge on any atom is -0.462 e. The summed E-state index contributed by atoms with van der Waals surface area (Å²) >= 11 is 0. The summed E-state index contributed by atoms with van der Waals surface area (Å²) in [5, 5.41) is 9.67. The fourth-order valence-corrected chi connectivity index (χ4v) is 2.25. The van der Waals surface area contributed by atoms with E-state index in [4.69, 9.17) is 9.62 Å². The zero-order valence-corrected chi connectivity index (χ0v) is 12.5. The highest BCUT2D eigenvalue weighted by Crippen LogP contribution is 2.33. The Balaban J connectivity index is 2.57. The minimum atomic E-state index is -0.403. The Bertz CT molecular complexity index is 651. The molecule has 0 bridgehead atoms. The average molecular weight is 302 g/mol. The summed E-state index contributed by atoms with van der Waals surface area (Å²) in [4.78, 5) is 21.8. The van der Waals surface area contributed by atoms with E-state index >= 15 is 0 Å². The van der Waals surface area contributed by atoms with Crippen LogP contribution in [-0.2, 0) is 16.2 Å². The highest BCUT2D eigenvalue weighted by Gasteiger charge is 2.18. The minimum absolute atomic E-state index is 0.244. The van der Waals surface area contributed by atoms with Crippen molar-refractivity contribution in [1.82, 2.24) is 0 Å². The molecule has 2 aromatic rings. The predicted molar refractivity (Wildman–Crippen MR) is 81.4 cm³/mol. The van der Waals surface area contributed by atoms with E-state index in [0.717, 1.165) is 0 Å². The van der Waals surface area contributed by atoms with Crippen LogP contribution in [0.25, 0.3) is 11.1 Å². The van der Waals surface area contributed by atoms with Crippen LogP contribution in [0.1, 0.15) is 22.8 Å². The van der Waals surface area contributed by atoms with E-state index in [1.165, 1.54) is 7.11 Å². The summed E-state index contributed by atoms with van der Waals surface area (Å²) < 4.78 is 5.08. The summed E-state index contributed by atoms with van der Waals surface area (Å²) in [6.45, 7) is 1.81. The second-order valence-electron chi connectivity index (χ2n) is 4.46. The van der Waals surface area contributed by atoms with Gasteiger partial charge in [0.1, 0.15) is 0 Å². The van der Waals surface area contributed by atoms with Crippen molar-refractivity contribution in [2.24, 2.45) is 0 Å². The number of benzene rings is 2. The lowest BCUT2D eigenvalue weighted by Gasteiger charge is -2.14. The Kier molecular flexibility index (Phi) is 5.52. The van der Waals surface area contributed by atoms with E-state index in [2.05, 4.69) is 4.89 Å². The SMILES string of the molecule is CCOC(=O)c1ccccc1-c1cccc(OOC)c1CO. The number of carbonyl (C=O) groups is 1. The van der Waals surface area contributed by atoms with Gasteiger partial charge in [0, 0.05) is 5.56 Å². The van der Waals surface area contributed by atoms with Crippen molar-refractivity contribution < 1.29 is 24.4 Å². The molecule has 0 fully saturated rings. The van der Waals surface area contributed by atoms with Crippen molar-refractivity contribution in [3.8, 4) is 16.9 Å². The van der Waals surface area contributed by atoms with E-state index in [-0.39, 0.29) is 6.61 Å². The van der Waals surface area contributed by atoms with Gasteiger partial charge >= 0.3 is 5.97 Å². The zero-order chi connectivity index (χ0) is 15.9. The third-order valence-corrected chi connectivity index (χ3v) is 3.18. The lowest BCUT2D eigenvalue weighted by molar-refractivity contribution is -0.179. The quantitative estimate of drug-likeness (QED) is 0.505. The monoisotopic (exact) mass is 302 g/mol. The van der Waals surface area contributed by atoms with Gasteiger partial charge < -0.3 is 14.7 Å². The van der Waals surface area contributed by atoms with Crippen molar-refractivity contribution in [1.29, 1.82) is 0 Å². The topological polar surface area (TPSA) is 65.0 Å². The summed E-state index contributed by atoms with van der Waals surface area (Å²) in [6, 6.07) is 12.4. The Morgan fingerprint density at radius 3 is 2.50 bits per heavy atom. The molecule has 116 valence electrons. The fraction of sp³-hybridized carbons (Fsp3) is 0.235. The average Bonchev–Trinajstić information content (AvgIpc) is 2.55. The molecule has 2 aromatic carbocycles. The maximum absolute atomic E-state index is 12.1. The molecule has 0 radical (unpaired) electrons. The number of aliphatic hydroxyl groups excluding tert-OH is 1. The van der Waals surface area contributed by atoms with Gasteiger partial charge in [-0.05, 0) is 30.2 Å². The number of carbonyl (C=O) groups excluding carboxylic acids is 1. The van der Waals surface area contributed by atoms with E-state index < -0.39 is 5.97 Å². The number of esters is 1. The third kappa shape index (κ3) is 3.27. The fourth-order valence-electron chi connectivity index (χ4n) is 2.25. The van der Waals surface area contributed by atoms with Gasteiger partial charge in [0.15, 0.2) is 5.75 Å². The van der Waals surface area contributed by atoms with Crippen LogP contribution in [0.5, 0.6) is 5.75 Å². The number of hydrogen-bond donors (Lipinski definition) is 1. The van der Waals surface area contributed by atoms with Gasteiger partial charge in [0.2, 0.25) is 0 Å². The number of ether oxygens (including phenoxy) is 1. The Labute approximate surface area is 129 Å². The van der Waals surface area contributed by atoms with Crippen molar-refractivity contribution in [2.45, 2.75) is 13.5 Å². The van der Waals surface area contributed by atoms with Crippen molar-refractivity contribution in [2.75, 3.05) is 13.7 Å². The molecular formula is C17H18O5. The van der Waals surface area contributed by atoms with Gasteiger partial charge in [-0.1, -0.05) is 30.3 Å². The standard InChI is InChI=1S/C17H18O5/c1-3-21-17(19)14-8-5-4-7-12(14)13-9-6-10-16(22-20-2)15(13)11-18/h4-10,18H,3,11H2,1-2H3. The van der Waals surface area contributed by atoms with Crippen LogP contribution in [0.15, 0.2) is 42.5 Å². The van der Waals surface area contributed by atoms with E-state index in [9.17, 15) is 9.90 Å². The van der Waals surface area contributed by atoms with Gasteiger partial charge in [-0.2, -0.15) is 4.89 Å². The number of hydrogen-bond acceptors (Lipinski definition) is 5. The summed E-state index contributed by atoms with van der Waals surface area (Å²) in [7, 11) is 1.39. The zero-order valence-electron chi connectivity index (χ0n) is 12.5. The molecule has 5 heteroatoms. The summed E-state index contributed by atoms with van der Waals surface area (Å²) in [5.41, 5.74) is 2.35. The molecule has 5 nitrogen and oxygen atoms in total. The first-order chi connectivity index (χ1) is 10.7. The molecule has 0 heterocycles. The maximum atomic E-state index is 12.1. The van der Waals surface area contributed by atoms with Crippen LogP contribution < -0.4 is 4.89 Å². The second kappa shape index (κ2) is 7.59. The van der Waals surface area contributed by atoms with Gasteiger partial charge in [-0.25, -0.2) is 4.79 Å². The molecule has 0 aliphatic carbocycles. The Hall–Kier alpha value is -2.37. The Morgan fingerprint density at radius 2 is 1.82 bits per heavy atom. The lowest BCUT2D eigenvalue weighted by atomic mass is 9.95. The largest absolute Gasteiger partial charge is 0.462 e.